The molecule has 5 heteroatoms. The molecule has 0 bridgehead atoms. The van der Waals surface area contributed by atoms with Crippen LogP contribution >= 0.6 is 15.9 Å². The summed E-state index contributed by atoms with van der Waals surface area (Å²) in [5, 5.41) is 2.73. The van der Waals surface area contributed by atoms with Gasteiger partial charge in [-0.3, -0.25) is 0 Å². The molecule has 0 saturated heterocycles. The SMILES string of the molecule is COc1cc(Br)cc(NC(=O)N(C)C)c1. The fourth-order valence-corrected chi connectivity index (χ4v) is 1.46. The number of urea groups is 1. The highest BCUT2D eigenvalue weighted by Crippen LogP contribution is 2.24. The molecule has 1 aromatic carbocycles. The standard InChI is InChI=1S/C10H13BrN2O2/c1-13(2)10(14)12-8-4-7(11)5-9(6-8)15-3/h4-6H,1-3H3,(H,12,14). The zero-order valence-corrected chi connectivity index (χ0v) is 10.5. The van der Waals surface area contributed by atoms with E-state index in [0.29, 0.717) is 11.4 Å². The molecule has 0 aliphatic carbocycles. The molecule has 82 valence electrons. The van der Waals surface area contributed by atoms with Gasteiger partial charge >= 0.3 is 6.03 Å². The van der Waals surface area contributed by atoms with Gasteiger partial charge in [-0.15, -0.1) is 0 Å². The zero-order chi connectivity index (χ0) is 11.4. The maximum Gasteiger partial charge on any atom is 0.321 e. The van der Waals surface area contributed by atoms with Crippen LogP contribution in [0.4, 0.5) is 10.5 Å². The maximum atomic E-state index is 11.4. The Morgan fingerprint density at radius 2 is 2.07 bits per heavy atom. The molecular weight excluding hydrogens is 260 g/mol. The Bertz CT molecular complexity index is 366. The smallest absolute Gasteiger partial charge is 0.321 e. The Morgan fingerprint density at radius 1 is 1.40 bits per heavy atom. The van der Waals surface area contributed by atoms with Crippen molar-refractivity contribution in [3.8, 4) is 5.75 Å². The molecule has 0 aromatic heterocycles. The van der Waals surface area contributed by atoms with Gasteiger partial charge in [-0.05, 0) is 12.1 Å². The number of carbonyl (C=O) groups is 1. The fraction of sp³-hybridized carbons (Fsp3) is 0.300. The first-order chi connectivity index (χ1) is 7.02. The number of benzene rings is 1. The van der Waals surface area contributed by atoms with E-state index in [0.717, 1.165) is 4.47 Å². The number of nitrogens with one attached hydrogen (secondary N) is 1. The molecule has 0 heterocycles. The first-order valence-corrected chi connectivity index (χ1v) is 5.15. The number of anilines is 1. The van der Waals surface area contributed by atoms with Gasteiger partial charge in [0.25, 0.3) is 0 Å². The predicted octanol–water partition coefficient (Wildman–Crippen LogP) is 2.55. The Labute approximate surface area is 97.3 Å². The largest absolute Gasteiger partial charge is 0.497 e. The van der Waals surface area contributed by atoms with E-state index in [-0.39, 0.29) is 6.03 Å². The molecular formula is C10H13BrN2O2. The maximum absolute atomic E-state index is 11.4. The van der Waals surface area contributed by atoms with E-state index >= 15 is 0 Å². The summed E-state index contributed by atoms with van der Waals surface area (Å²) in [6.07, 6.45) is 0. The lowest BCUT2D eigenvalue weighted by Gasteiger charge is -2.12. The molecule has 0 radical (unpaired) electrons. The molecule has 2 amide bonds. The Morgan fingerprint density at radius 3 is 2.60 bits per heavy atom. The van der Waals surface area contributed by atoms with E-state index in [1.54, 1.807) is 27.3 Å². The van der Waals surface area contributed by atoms with Crippen molar-refractivity contribution in [2.75, 3.05) is 26.5 Å². The molecule has 0 aliphatic heterocycles. The van der Waals surface area contributed by atoms with E-state index < -0.39 is 0 Å². The molecule has 0 atom stereocenters. The Balaban J connectivity index is 2.85. The summed E-state index contributed by atoms with van der Waals surface area (Å²) >= 11 is 3.34. The first-order valence-electron chi connectivity index (χ1n) is 4.36. The number of methoxy groups -OCH3 is 1. The van der Waals surface area contributed by atoms with Crippen molar-refractivity contribution in [2.45, 2.75) is 0 Å². The third-order valence-corrected chi connectivity index (χ3v) is 2.22. The molecule has 0 aliphatic rings. The number of hydrogen-bond donors (Lipinski definition) is 1. The van der Waals surface area contributed by atoms with Crippen molar-refractivity contribution in [3.63, 3.8) is 0 Å². The van der Waals surface area contributed by atoms with Crippen molar-refractivity contribution in [1.82, 2.24) is 4.90 Å². The van der Waals surface area contributed by atoms with E-state index in [9.17, 15) is 4.79 Å². The molecule has 15 heavy (non-hydrogen) atoms. The lowest BCUT2D eigenvalue weighted by Crippen LogP contribution is -2.27. The van der Waals surface area contributed by atoms with Crippen molar-refractivity contribution >= 4 is 27.6 Å². The number of amides is 2. The zero-order valence-electron chi connectivity index (χ0n) is 8.87. The normalized spacial score (nSPS) is 9.60. The monoisotopic (exact) mass is 272 g/mol. The Hall–Kier alpha value is -1.23. The number of hydrogen-bond acceptors (Lipinski definition) is 2. The number of nitrogens with zero attached hydrogens (tertiary/aromatic N) is 1. The average Bonchev–Trinajstić information content (AvgIpc) is 2.16. The van der Waals surface area contributed by atoms with Crippen LogP contribution in [0.15, 0.2) is 22.7 Å². The topological polar surface area (TPSA) is 41.6 Å². The summed E-state index contributed by atoms with van der Waals surface area (Å²) in [7, 11) is 4.95. The van der Waals surface area contributed by atoms with E-state index in [1.807, 2.05) is 12.1 Å². The highest BCUT2D eigenvalue weighted by atomic mass is 79.9. The lowest BCUT2D eigenvalue weighted by molar-refractivity contribution is 0.230. The van der Waals surface area contributed by atoms with Crippen molar-refractivity contribution in [2.24, 2.45) is 0 Å². The van der Waals surface area contributed by atoms with Gasteiger partial charge in [0, 0.05) is 30.3 Å². The fourth-order valence-electron chi connectivity index (χ4n) is 0.988. The average molecular weight is 273 g/mol. The van der Waals surface area contributed by atoms with Crippen LogP contribution in [-0.4, -0.2) is 32.1 Å². The highest BCUT2D eigenvalue weighted by Gasteiger charge is 2.05. The van der Waals surface area contributed by atoms with Gasteiger partial charge in [0.15, 0.2) is 0 Å². The molecule has 0 saturated carbocycles. The van der Waals surface area contributed by atoms with Crippen LogP contribution in [0.3, 0.4) is 0 Å². The number of ether oxygens (including phenoxy) is 1. The lowest BCUT2D eigenvalue weighted by atomic mass is 10.3. The number of halogens is 1. The molecule has 1 rings (SSSR count). The van der Waals surface area contributed by atoms with Crippen LogP contribution in [0.5, 0.6) is 5.75 Å². The van der Waals surface area contributed by atoms with Crippen LogP contribution in [0, 0.1) is 0 Å². The summed E-state index contributed by atoms with van der Waals surface area (Å²) in [4.78, 5) is 12.8. The number of rotatable bonds is 2. The molecule has 0 unspecified atom stereocenters. The quantitative estimate of drug-likeness (QED) is 0.899. The van der Waals surface area contributed by atoms with Crippen LogP contribution in [-0.2, 0) is 0 Å². The predicted molar refractivity (Wildman–Crippen MR) is 63.4 cm³/mol. The van der Waals surface area contributed by atoms with Gasteiger partial charge in [0.05, 0.1) is 7.11 Å². The summed E-state index contributed by atoms with van der Waals surface area (Å²) < 4.78 is 5.94. The van der Waals surface area contributed by atoms with Gasteiger partial charge in [-0.2, -0.15) is 0 Å². The van der Waals surface area contributed by atoms with Gasteiger partial charge in [-0.1, -0.05) is 15.9 Å². The van der Waals surface area contributed by atoms with Crippen molar-refractivity contribution in [1.29, 1.82) is 0 Å². The van der Waals surface area contributed by atoms with Gasteiger partial charge in [-0.25, -0.2) is 4.79 Å². The van der Waals surface area contributed by atoms with Gasteiger partial charge in [0.2, 0.25) is 0 Å². The second kappa shape index (κ2) is 5.02. The molecule has 0 fully saturated rings. The van der Waals surface area contributed by atoms with Crippen LogP contribution < -0.4 is 10.1 Å². The minimum absolute atomic E-state index is 0.171. The second-order valence-electron chi connectivity index (χ2n) is 3.20. The van der Waals surface area contributed by atoms with Crippen molar-refractivity contribution < 1.29 is 9.53 Å². The van der Waals surface area contributed by atoms with Crippen LogP contribution in [0.1, 0.15) is 0 Å². The first kappa shape index (κ1) is 11.8. The van der Waals surface area contributed by atoms with Crippen LogP contribution in [0.2, 0.25) is 0 Å². The molecule has 4 nitrogen and oxygen atoms in total. The van der Waals surface area contributed by atoms with E-state index in [2.05, 4.69) is 21.2 Å². The second-order valence-corrected chi connectivity index (χ2v) is 4.12. The summed E-state index contributed by atoms with van der Waals surface area (Å²) in [5.74, 6) is 0.693. The van der Waals surface area contributed by atoms with Crippen LogP contribution in [0.25, 0.3) is 0 Å². The molecule has 0 spiro atoms. The molecule has 1 N–H and O–H groups in total. The summed E-state index contributed by atoms with van der Waals surface area (Å²) in [6.45, 7) is 0. The summed E-state index contributed by atoms with van der Waals surface area (Å²) in [5.41, 5.74) is 0.694. The minimum Gasteiger partial charge on any atom is -0.497 e. The summed E-state index contributed by atoms with van der Waals surface area (Å²) in [6, 6.07) is 5.22. The third-order valence-electron chi connectivity index (χ3n) is 1.76. The van der Waals surface area contributed by atoms with Crippen molar-refractivity contribution in [3.05, 3.63) is 22.7 Å². The number of carbonyl (C=O) groups excluding carboxylic acids is 1. The van der Waals surface area contributed by atoms with Gasteiger partial charge < -0.3 is 15.0 Å². The van der Waals surface area contributed by atoms with Gasteiger partial charge in [0.1, 0.15) is 5.75 Å². The minimum atomic E-state index is -0.171. The third kappa shape index (κ3) is 3.43. The highest BCUT2D eigenvalue weighted by molar-refractivity contribution is 9.10. The Kier molecular flexibility index (Phi) is 3.96. The molecule has 1 aromatic rings. The van der Waals surface area contributed by atoms with E-state index in [4.69, 9.17) is 4.74 Å². The van der Waals surface area contributed by atoms with E-state index in [1.165, 1.54) is 4.90 Å².